The number of sulfone groups is 1. The Morgan fingerprint density at radius 3 is 2.25 bits per heavy atom. The maximum Gasteiger partial charge on any atom is 0.407 e. The van der Waals surface area contributed by atoms with Crippen LogP contribution in [0.15, 0.2) is 29.2 Å². The van der Waals surface area contributed by atoms with E-state index in [4.69, 9.17) is 9.84 Å². The van der Waals surface area contributed by atoms with E-state index >= 15 is 0 Å². The Hall–Kier alpha value is -1.76. The minimum absolute atomic E-state index is 0.0327. The van der Waals surface area contributed by atoms with Crippen molar-refractivity contribution in [2.75, 3.05) is 19.3 Å². The molecule has 7 heteroatoms. The molecule has 20 heavy (non-hydrogen) atoms. The lowest BCUT2D eigenvalue weighted by Crippen LogP contribution is -2.41. The number of hydrogen-bond acceptors (Lipinski definition) is 4. The summed E-state index contributed by atoms with van der Waals surface area (Å²) in [4.78, 5) is 12.4. The summed E-state index contributed by atoms with van der Waals surface area (Å²) < 4.78 is 28.4. The van der Waals surface area contributed by atoms with Gasteiger partial charge in [0.1, 0.15) is 11.9 Å². The summed E-state index contributed by atoms with van der Waals surface area (Å²) in [6.45, 7) is 0.919. The summed E-state index contributed by atoms with van der Waals surface area (Å²) in [5.74, 6) is 0.603. The Morgan fingerprint density at radius 2 is 1.80 bits per heavy atom. The number of piperidine rings is 1. The van der Waals surface area contributed by atoms with Crippen molar-refractivity contribution in [3.05, 3.63) is 24.3 Å². The normalized spacial score (nSPS) is 16.9. The highest BCUT2D eigenvalue weighted by Gasteiger charge is 2.23. The van der Waals surface area contributed by atoms with Gasteiger partial charge in [-0.15, -0.1) is 0 Å². The van der Waals surface area contributed by atoms with Crippen LogP contribution in [-0.2, 0) is 9.84 Å². The molecule has 1 fully saturated rings. The first kappa shape index (κ1) is 14.6. The summed E-state index contributed by atoms with van der Waals surface area (Å²) in [5, 5.41) is 8.85. The quantitative estimate of drug-likeness (QED) is 0.916. The van der Waals surface area contributed by atoms with Gasteiger partial charge in [-0.3, -0.25) is 0 Å². The molecule has 1 aromatic carbocycles. The second kappa shape index (κ2) is 5.70. The minimum atomic E-state index is -3.20. The third-order valence-electron chi connectivity index (χ3n) is 3.27. The van der Waals surface area contributed by atoms with E-state index < -0.39 is 15.9 Å². The fourth-order valence-electron chi connectivity index (χ4n) is 2.12. The van der Waals surface area contributed by atoms with E-state index in [1.165, 1.54) is 17.0 Å². The third kappa shape index (κ3) is 3.63. The lowest BCUT2D eigenvalue weighted by molar-refractivity contribution is 0.0894. The Morgan fingerprint density at radius 1 is 1.25 bits per heavy atom. The lowest BCUT2D eigenvalue weighted by atomic mass is 10.1. The third-order valence-corrected chi connectivity index (χ3v) is 4.40. The largest absolute Gasteiger partial charge is 0.490 e. The van der Waals surface area contributed by atoms with Gasteiger partial charge in [-0.2, -0.15) is 0 Å². The van der Waals surface area contributed by atoms with Gasteiger partial charge >= 0.3 is 6.09 Å². The average Bonchev–Trinajstić information content (AvgIpc) is 2.39. The molecule has 1 aliphatic rings. The van der Waals surface area contributed by atoms with Crippen LogP contribution in [0.2, 0.25) is 0 Å². The highest BCUT2D eigenvalue weighted by molar-refractivity contribution is 7.90. The van der Waals surface area contributed by atoms with Crippen molar-refractivity contribution in [1.82, 2.24) is 4.90 Å². The van der Waals surface area contributed by atoms with Crippen molar-refractivity contribution < 1.29 is 23.1 Å². The van der Waals surface area contributed by atoms with Gasteiger partial charge in [0, 0.05) is 32.2 Å². The number of amides is 1. The summed E-state index contributed by atoms with van der Waals surface area (Å²) in [5.41, 5.74) is 0. The molecule has 0 radical (unpaired) electrons. The Balaban J connectivity index is 1.93. The number of ether oxygens (including phenoxy) is 1. The maximum absolute atomic E-state index is 11.3. The van der Waals surface area contributed by atoms with E-state index in [1.807, 2.05) is 0 Å². The van der Waals surface area contributed by atoms with Gasteiger partial charge in [-0.25, -0.2) is 13.2 Å². The summed E-state index contributed by atoms with van der Waals surface area (Å²) in [7, 11) is -3.20. The number of hydrogen-bond donors (Lipinski definition) is 1. The molecule has 0 saturated carbocycles. The second-order valence-corrected chi connectivity index (χ2v) is 6.85. The molecule has 1 aliphatic heterocycles. The van der Waals surface area contributed by atoms with Crippen LogP contribution in [0.3, 0.4) is 0 Å². The summed E-state index contributed by atoms with van der Waals surface area (Å²) >= 11 is 0. The molecule has 1 N–H and O–H groups in total. The highest BCUT2D eigenvalue weighted by atomic mass is 32.2. The zero-order chi connectivity index (χ0) is 14.8. The molecule has 0 aliphatic carbocycles. The van der Waals surface area contributed by atoms with E-state index in [9.17, 15) is 13.2 Å². The number of likely N-dealkylation sites (tertiary alicyclic amines) is 1. The number of carboxylic acid groups (broad SMARTS) is 1. The fourth-order valence-corrected chi connectivity index (χ4v) is 2.75. The van der Waals surface area contributed by atoms with Crippen molar-refractivity contribution in [3.63, 3.8) is 0 Å². The highest BCUT2D eigenvalue weighted by Crippen LogP contribution is 2.21. The monoisotopic (exact) mass is 299 g/mol. The standard InChI is InChI=1S/C13H17NO5S/c1-20(17,18)12-4-2-10(3-5-12)19-11-6-8-14(9-7-11)13(15)16/h2-5,11H,6-9H2,1H3,(H,15,16). The van der Waals surface area contributed by atoms with Gasteiger partial charge in [0.25, 0.3) is 0 Å². The average molecular weight is 299 g/mol. The van der Waals surface area contributed by atoms with E-state index in [2.05, 4.69) is 0 Å². The SMILES string of the molecule is CS(=O)(=O)c1ccc(OC2CCN(C(=O)O)CC2)cc1. The van der Waals surface area contributed by atoms with Crippen molar-refractivity contribution in [2.45, 2.75) is 23.8 Å². The Kier molecular flexibility index (Phi) is 4.17. The van der Waals surface area contributed by atoms with Crippen LogP contribution in [0.5, 0.6) is 5.75 Å². The van der Waals surface area contributed by atoms with Crippen molar-refractivity contribution in [2.24, 2.45) is 0 Å². The second-order valence-electron chi connectivity index (χ2n) is 4.83. The van der Waals surface area contributed by atoms with E-state index in [1.54, 1.807) is 12.1 Å². The van der Waals surface area contributed by atoms with Crippen LogP contribution < -0.4 is 4.74 Å². The summed E-state index contributed by atoms with van der Waals surface area (Å²) in [6, 6.07) is 6.27. The molecule has 0 bridgehead atoms. The molecule has 110 valence electrons. The smallest absolute Gasteiger partial charge is 0.407 e. The van der Waals surface area contributed by atoms with Gasteiger partial charge in [0.05, 0.1) is 4.90 Å². The first-order valence-corrected chi connectivity index (χ1v) is 8.20. The number of carbonyl (C=O) groups is 1. The number of benzene rings is 1. The van der Waals surface area contributed by atoms with Crippen molar-refractivity contribution >= 4 is 15.9 Å². The number of rotatable bonds is 3. The van der Waals surface area contributed by atoms with Crippen molar-refractivity contribution in [1.29, 1.82) is 0 Å². The van der Waals surface area contributed by atoms with Crippen molar-refractivity contribution in [3.8, 4) is 5.75 Å². The maximum atomic E-state index is 11.3. The molecule has 1 saturated heterocycles. The molecular weight excluding hydrogens is 282 g/mol. The molecule has 1 heterocycles. The molecule has 6 nitrogen and oxygen atoms in total. The molecule has 0 aromatic heterocycles. The molecule has 0 spiro atoms. The fraction of sp³-hybridized carbons (Fsp3) is 0.462. The van der Waals surface area contributed by atoms with Crippen LogP contribution in [0.4, 0.5) is 4.79 Å². The molecular formula is C13H17NO5S. The molecule has 2 rings (SSSR count). The zero-order valence-electron chi connectivity index (χ0n) is 11.2. The molecule has 1 aromatic rings. The molecule has 0 unspecified atom stereocenters. The van der Waals surface area contributed by atoms with E-state index in [0.29, 0.717) is 31.7 Å². The van der Waals surface area contributed by atoms with Gasteiger partial charge < -0.3 is 14.7 Å². The Labute approximate surface area is 117 Å². The predicted molar refractivity (Wildman–Crippen MR) is 72.8 cm³/mol. The van der Waals surface area contributed by atoms with Crippen LogP contribution in [0.25, 0.3) is 0 Å². The lowest BCUT2D eigenvalue weighted by Gasteiger charge is -2.30. The van der Waals surface area contributed by atoms with Crippen LogP contribution in [0.1, 0.15) is 12.8 Å². The van der Waals surface area contributed by atoms with Crippen LogP contribution in [0, 0.1) is 0 Å². The number of nitrogens with zero attached hydrogens (tertiary/aromatic N) is 1. The molecule has 0 atom stereocenters. The zero-order valence-corrected chi connectivity index (χ0v) is 12.0. The van der Waals surface area contributed by atoms with Gasteiger partial charge in [0.15, 0.2) is 9.84 Å². The predicted octanol–water partition coefficient (Wildman–Crippen LogP) is 1.61. The van der Waals surface area contributed by atoms with Crippen LogP contribution in [-0.4, -0.2) is 50.0 Å². The Bertz CT molecular complexity index is 573. The van der Waals surface area contributed by atoms with Gasteiger partial charge in [0.2, 0.25) is 0 Å². The van der Waals surface area contributed by atoms with Gasteiger partial charge in [-0.1, -0.05) is 0 Å². The van der Waals surface area contributed by atoms with Gasteiger partial charge in [-0.05, 0) is 24.3 Å². The topological polar surface area (TPSA) is 83.9 Å². The van der Waals surface area contributed by atoms with E-state index in [-0.39, 0.29) is 11.0 Å². The minimum Gasteiger partial charge on any atom is -0.490 e. The van der Waals surface area contributed by atoms with Crippen LogP contribution >= 0.6 is 0 Å². The summed E-state index contributed by atoms with van der Waals surface area (Å²) in [6.07, 6.45) is 1.50. The molecule has 1 amide bonds. The first-order valence-electron chi connectivity index (χ1n) is 6.31. The first-order chi connectivity index (χ1) is 9.36. The van der Waals surface area contributed by atoms with E-state index in [0.717, 1.165) is 6.26 Å².